The molecule has 1 aromatic carbocycles. The average molecular weight is 296 g/mol. The maximum atomic E-state index is 14.0. The van der Waals surface area contributed by atoms with Gasteiger partial charge in [0, 0.05) is 18.2 Å². The van der Waals surface area contributed by atoms with E-state index in [4.69, 9.17) is 0 Å². The molecule has 0 amide bonds. The number of nitrogens with zero attached hydrogens (tertiary/aromatic N) is 1. The molecule has 0 spiro atoms. The predicted molar refractivity (Wildman–Crippen MR) is 82.2 cm³/mol. The first kappa shape index (κ1) is 16.4. The maximum absolute atomic E-state index is 14.0. The molecule has 1 heterocycles. The van der Waals surface area contributed by atoms with Crippen LogP contribution in [0.25, 0.3) is 0 Å². The van der Waals surface area contributed by atoms with E-state index in [9.17, 15) is 8.78 Å². The lowest BCUT2D eigenvalue weighted by molar-refractivity contribution is 0.175. The van der Waals surface area contributed by atoms with Gasteiger partial charge in [0.05, 0.1) is 0 Å². The molecule has 1 fully saturated rings. The Morgan fingerprint density at radius 3 is 2.90 bits per heavy atom. The molecule has 0 aromatic heterocycles. The van der Waals surface area contributed by atoms with Crippen LogP contribution in [0.5, 0.6) is 0 Å². The van der Waals surface area contributed by atoms with Crippen molar-refractivity contribution in [1.82, 2.24) is 10.2 Å². The van der Waals surface area contributed by atoms with E-state index in [0.717, 1.165) is 38.5 Å². The first-order valence-electron chi connectivity index (χ1n) is 8.01. The summed E-state index contributed by atoms with van der Waals surface area (Å²) in [6.07, 6.45) is 3.34. The summed E-state index contributed by atoms with van der Waals surface area (Å²) in [5.74, 6) is -0.736. The summed E-state index contributed by atoms with van der Waals surface area (Å²) < 4.78 is 27.4. The molecule has 21 heavy (non-hydrogen) atoms. The molecule has 0 bridgehead atoms. The number of likely N-dealkylation sites (tertiary alicyclic amines) is 1. The van der Waals surface area contributed by atoms with E-state index < -0.39 is 11.6 Å². The zero-order valence-corrected chi connectivity index (χ0v) is 13.0. The Morgan fingerprint density at radius 1 is 1.38 bits per heavy atom. The van der Waals surface area contributed by atoms with Gasteiger partial charge >= 0.3 is 0 Å². The average Bonchev–Trinajstić information content (AvgIpc) is 2.47. The molecule has 2 atom stereocenters. The quantitative estimate of drug-likeness (QED) is 0.860. The first-order valence-corrected chi connectivity index (χ1v) is 8.01. The molecule has 1 aliphatic rings. The third-order valence-electron chi connectivity index (χ3n) is 4.28. The lowest BCUT2D eigenvalue weighted by Crippen LogP contribution is -2.36. The summed E-state index contributed by atoms with van der Waals surface area (Å²) in [5.41, 5.74) is 0.446. The van der Waals surface area contributed by atoms with Crippen molar-refractivity contribution < 1.29 is 8.78 Å². The van der Waals surface area contributed by atoms with Crippen LogP contribution in [0.1, 0.15) is 44.7 Å². The fourth-order valence-corrected chi connectivity index (χ4v) is 3.20. The smallest absolute Gasteiger partial charge is 0.163 e. The number of nitrogens with one attached hydrogen (secondary N) is 1. The topological polar surface area (TPSA) is 15.3 Å². The molecule has 118 valence electrons. The third kappa shape index (κ3) is 4.48. The van der Waals surface area contributed by atoms with E-state index in [2.05, 4.69) is 17.1 Å². The van der Waals surface area contributed by atoms with Crippen LogP contribution in [0.3, 0.4) is 0 Å². The molecular formula is C17H26F2N2. The van der Waals surface area contributed by atoms with Gasteiger partial charge in [0.2, 0.25) is 0 Å². The monoisotopic (exact) mass is 296 g/mol. The highest BCUT2D eigenvalue weighted by molar-refractivity contribution is 5.22. The van der Waals surface area contributed by atoms with E-state index in [1.54, 1.807) is 12.1 Å². The van der Waals surface area contributed by atoms with Gasteiger partial charge in [-0.25, -0.2) is 8.78 Å². The molecule has 1 saturated heterocycles. The number of piperidine rings is 1. The molecular weight excluding hydrogens is 270 g/mol. The minimum absolute atomic E-state index is 0.122. The fraction of sp³-hybridized carbons (Fsp3) is 0.647. The van der Waals surface area contributed by atoms with Gasteiger partial charge in [-0.3, -0.25) is 0 Å². The van der Waals surface area contributed by atoms with Crippen LogP contribution in [-0.4, -0.2) is 31.1 Å². The van der Waals surface area contributed by atoms with E-state index in [1.807, 2.05) is 6.92 Å². The summed E-state index contributed by atoms with van der Waals surface area (Å²) in [6, 6.07) is 4.32. The Hall–Kier alpha value is -1.00. The second-order valence-corrected chi connectivity index (χ2v) is 6.09. The van der Waals surface area contributed by atoms with Crippen LogP contribution in [0, 0.1) is 17.6 Å². The molecule has 1 N–H and O–H groups in total. The fourth-order valence-electron chi connectivity index (χ4n) is 3.20. The second kappa shape index (κ2) is 7.85. The van der Waals surface area contributed by atoms with Gasteiger partial charge in [-0.15, -0.1) is 0 Å². The van der Waals surface area contributed by atoms with Crippen LogP contribution >= 0.6 is 0 Å². The third-order valence-corrected chi connectivity index (χ3v) is 4.28. The van der Waals surface area contributed by atoms with Crippen LogP contribution in [0.15, 0.2) is 18.2 Å². The van der Waals surface area contributed by atoms with Gasteiger partial charge in [-0.1, -0.05) is 26.0 Å². The number of halogens is 2. The van der Waals surface area contributed by atoms with Gasteiger partial charge in [-0.2, -0.15) is 0 Å². The van der Waals surface area contributed by atoms with Crippen molar-refractivity contribution in [2.45, 2.75) is 39.2 Å². The Balaban J connectivity index is 2.00. The molecule has 2 unspecified atom stereocenters. The summed E-state index contributed by atoms with van der Waals surface area (Å²) >= 11 is 0. The normalized spacial score (nSPS) is 21.4. The SMILES string of the molecule is CCNC(CCN1CCCC(C)C1)c1cccc(F)c1F. The van der Waals surface area contributed by atoms with Crippen molar-refractivity contribution >= 4 is 0 Å². The zero-order chi connectivity index (χ0) is 15.2. The number of rotatable bonds is 6. The van der Waals surface area contributed by atoms with Gasteiger partial charge in [0.15, 0.2) is 11.6 Å². The molecule has 4 heteroatoms. The van der Waals surface area contributed by atoms with Crippen molar-refractivity contribution in [3.63, 3.8) is 0 Å². The Labute approximate surface area is 126 Å². The van der Waals surface area contributed by atoms with Gasteiger partial charge in [0.1, 0.15) is 0 Å². The summed E-state index contributed by atoms with van der Waals surface area (Å²) in [7, 11) is 0. The highest BCUT2D eigenvalue weighted by Crippen LogP contribution is 2.23. The van der Waals surface area contributed by atoms with Crippen molar-refractivity contribution in [1.29, 1.82) is 0 Å². The van der Waals surface area contributed by atoms with Crippen LogP contribution in [0.4, 0.5) is 8.78 Å². The largest absolute Gasteiger partial charge is 0.310 e. The van der Waals surface area contributed by atoms with Crippen molar-refractivity contribution in [3.8, 4) is 0 Å². The van der Waals surface area contributed by atoms with E-state index in [1.165, 1.54) is 18.9 Å². The molecule has 1 aliphatic heterocycles. The summed E-state index contributed by atoms with van der Waals surface area (Å²) in [4.78, 5) is 2.44. The minimum atomic E-state index is -0.762. The van der Waals surface area contributed by atoms with Crippen LogP contribution in [0.2, 0.25) is 0 Å². The van der Waals surface area contributed by atoms with Crippen molar-refractivity contribution in [2.24, 2.45) is 5.92 Å². The van der Waals surface area contributed by atoms with E-state index in [0.29, 0.717) is 5.56 Å². The molecule has 0 saturated carbocycles. The van der Waals surface area contributed by atoms with Gasteiger partial charge in [-0.05, 0) is 50.9 Å². The maximum Gasteiger partial charge on any atom is 0.163 e. The Kier molecular flexibility index (Phi) is 6.12. The lowest BCUT2D eigenvalue weighted by atomic mass is 9.98. The van der Waals surface area contributed by atoms with Crippen molar-refractivity contribution in [3.05, 3.63) is 35.4 Å². The van der Waals surface area contributed by atoms with Crippen molar-refractivity contribution in [2.75, 3.05) is 26.2 Å². The lowest BCUT2D eigenvalue weighted by Gasteiger charge is -2.32. The highest BCUT2D eigenvalue weighted by atomic mass is 19.2. The molecule has 2 rings (SSSR count). The predicted octanol–water partition coefficient (Wildman–Crippen LogP) is 3.74. The summed E-state index contributed by atoms with van der Waals surface area (Å²) in [5, 5.41) is 3.28. The number of hydrogen-bond donors (Lipinski definition) is 1. The van der Waals surface area contributed by atoms with E-state index >= 15 is 0 Å². The molecule has 1 aromatic rings. The van der Waals surface area contributed by atoms with E-state index in [-0.39, 0.29) is 6.04 Å². The first-order chi connectivity index (χ1) is 10.1. The highest BCUT2D eigenvalue weighted by Gasteiger charge is 2.20. The van der Waals surface area contributed by atoms with Crippen LogP contribution < -0.4 is 5.32 Å². The van der Waals surface area contributed by atoms with Gasteiger partial charge < -0.3 is 10.2 Å². The second-order valence-electron chi connectivity index (χ2n) is 6.09. The summed E-state index contributed by atoms with van der Waals surface area (Å²) in [6.45, 7) is 8.18. The molecule has 2 nitrogen and oxygen atoms in total. The Bertz CT molecular complexity index is 450. The number of benzene rings is 1. The minimum Gasteiger partial charge on any atom is -0.310 e. The van der Waals surface area contributed by atoms with Gasteiger partial charge in [0.25, 0.3) is 0 Å². The zero-order valence-electron chi connectivity index (χ0n) is 13.0. The Morgan fingerprint density at radius 2 is 2.19 bits per heavy atom. The standard InChI is InChI=1S/C17H26F2N2/c1-3-20-16(14-7-4-8-15(18)17(14)19)9-11-21-10-5-6-13(2)12-21/h4,7-8,13,16,20H,3,5-6,9-12H2,1-2H3. The molecule has 0 radical (unpaired) electrons. The molecule has 0 aliphatic carbocycles. The van der Waals surface area contributed by atoms with Crippen LogP contribution in [-0.2, 0) is 0 Å². The number of hydrogen-bond acceptors (Lipinski definition) is 2.